The van der Waals surface area contributed by atoms with Gasteiger partial charge in [0.1, 0.15) is 17.2 Å². The maximum Gasteiger partial charge on any atom is 0.163 e. The molecule has 0 amide bonds. The summed E-state index contributed by atoms with van der Waals surface area (Å²) in [7, 11) is 0. The van der Waals surface area contributed by atoms with Crippen molar-refractivity contribution in [1.29, 1.82) is 0 Å². The molecule has 8 aromatic carbocycles. The van der Waals surface area contributed by atoms with Crippen LogP contribution in [-0.4, -0.2) is 15.0 Å². The van der Waals surface area contributed by atoms with Crippen molar-refractivity contribution in [2.24, 2.45) is 0 Å². The fourth-order valence-electron chi connectivity index (χ4n) is 8.27. The molecule has 2 heterocycles. The minimum atomic E-state index is -0.112. The highest BCUT2D eigenvalue weighted by molar-refractivity contribution is 5.95. The Balaban J connectivity index is 0.972. The molecule has 0 aliphatic heterocycles. The smallest absolute Gasteiger partial charge is 0.163 e. The lowest BCUT2D eigenvalue weighted by atomic mass is 9.87. The summed E-state index contributed by atoms with van der Waals surface area (Å²) in [5.74, 6) is 2.79. The summed E-state index contributed by atoms with van der Waals surface area (Å²) in [5.41, 5.74) is 10.9. The first-order chi connectivity index (χ1) is 28.2. The van der Waals surface area contributed by atoms with E-state index in [0.29, 0.717) is 11.6 Å². The normalized spacial score (nSPS) is 13.6. The van der Waals surface area contributed by atoms with Crippen molar-refractivity contribution in [3.05, 3.63) is 205 Å². The molecule has 268 valence electrons. The second-order valence-corrected chi connectivity index (χ2v) is 14.8. The van der Waals surface area contributed by atoms with Crippen molar-refractivity contribution in [1.82, 2.24) is 15.0 Å². The van der Waals surface area contributed by atoms with Gasteiger partial charge in [0.15, 0.2) is 11.6 Å². The molecule has 0 saturated carbocycles. The van der Waals surface area contributed by atoms with Gasteiger partial charge >= 0.3 is 0 Å². The van der Waals surface area contributed by atoms with E-state index in [-0.39, 0.29) is 5.92 Å². The van der Waals surface area contributed by atoms with E-state index in [0.717, 1.165) is 62.4 Å². The van der Waals surface area contributed by atoms with E-state index in [1.54, 1.807) is 0 Å². The highest BCUT2D eigenvalue weighted by Gasteiger charge is 2.29. The van der Waals surface area contributed by atoms with Gasteiger partial charge in [-0.15, -0.1) is 0 Å². The molecule has 1 atom stereocenters. The molecule has 11 rings (SSSR count). The van der Waals surface area contributed by atoms with Gasteiger partial charge < -0.3 is 4.42 Å². The van der Waals surface area contributed by atoms with Crippen LogP contribution in [0.15, 0.2) is 192 Å². The molecule has 0 bridgehead atoms. The van der Waals surface area contributed by atoms with Gasteiger partial charge in [0.2, 0.25) is 0 Å². The van der Waals surface area contributed by atoms with Gasteiger partial charge in [-0.3, -0.25) is 0 Å². The van der Waals surface area contributed by atoms with Gasteiger partial charge in [-0.1, -0.05) is 158 Å². The van der Waals surface area contributed by atoms with Crippen LogP contribution in [0.1, 0.15) is 29.5 Å². The Hall–Kier alpha value is -7.43. The molecular weight excluding hydrogens is 695 g/mol. The minimum Gasteiger partial charge on any atom is -0.456 e. The Morgan fingerprint density at radius 3 is 1.54 bits per heavy atom. The van der Waals surface area contributed by atoms with E-state index in [2.05, 4.69) is 170 Å². The first-order valence-electron chi connectivity index (χ1n) is 19.4. The standard InChI is InChI=1S/C53H35N3O/c1-3-10-34(11-4-1)36-18-21-38(22-19-36)52-54-51(37-13-5-2-6-14-37)55-53(56-52)46-16-9-17-49-50(46)47-33-45(28-29-48(47)57-49)44-27-26-42-31-41(24-25-43(42)32-44)40-23-20-35-12-7-8-15-39(35)30-40/h1-15,17-33,46H,16H2. The lowest BCUT2D eigenvalue weighted by Crippen LogP contribution is -2.11. The van der Waals surface area contributed by atoms with Gasteiger partial charge in [-0.05, 0) is 97.8 Å². The second kappa shape index (κ2) is 13.7. The van der Waals surface area contributed by atoms with E-state index in [1.165, 1.54) is 38.2 Å². The lowest BCUT2D eigenvalue weighted by Gasteiger charge is -2.19. The summed E-state index contributed by atoms with van der Waals surface area (Å²) >= 11 is 0. The zero-order valence-electron chi connectivity index (χ0n) is 31.0. The number of nitrogens with zero attached hydrogens (tertiary/aromatic N) is 3. The maximum absolute atomic E-state index is 6.51. The molecule has 0 radical (unpaired) electrons. The lowest BCUT2D eigenvalue weighted by molar-refractivity contribution is 0.586. The van der Waals surface area contributed by atoms with Crippen molar-refractivity contribution in [3.8, 4) is 56.2 Å². The molecule has 1 aliphatic carbocycles. The molecule has 0 saturated heterocycles. The Morgan fingerprint density at radius 1 is 0.404 bits per heavy atom. The predicted molar refractivity (Wildman–Crippen MR) is 234 cm³/mol. The summed E-state index contributed by atoms with van der Waals surface area (Å²) in [6.45, 7) is 0. The third-order valence-electron chi connectivity index (χ3n) is 11.2. The number of allylic oxidation sites excluding steroid dienone is 1. The van der Waals surface area contributed by atoms with Gasteiger partial charge in [0, 0.05) is 22.1 Å². The molecule has 4 heteroatoms. The number of benzene rings is 8. The van der Waals surface area contributed by atoms with E-state index < -0.39 is 0 Å². The van der Waals surface area contributed by atoms with E-state index >= 15 is 0 Å². The molecule has 0 fully saturated rings. The average molecular weight is 730 g/mol. The van der Waals surface area contributed by atoms with E-state index in [4.69, 9.17) is 19.4 Å². The quantitative estimate of drug-likeness (QED) is 0.171. The van der Waals surface area contributed by atoms with Crippen LogP contribution in [0.4, 0.5) is 0 Å². The summed E-state index contributed by atoms with van der Waals surface area (Å²) < 4.78 is 6.51. The summed E-state index contributed by atoms with van der Waals surface area (Å²) in [5, 5.41) is 6.01. The van der Waals surface area contributed by atoms with Gasteiger partial charge in [-0.25, -0.2) is 15.0 Å². The van der Waals surface area contributed by atoms with Crippen molar-refractivity contribution in [3.63, 3.8) is 0 Å². The fourth-order valence-corrected chi connectivity index (χ4v) is 8.27. The van der Waals surface area contributed by atoms with E-state index in [9.17, 15) is 0 Å². The first kappa shape index (κ1) is 33.0. The third kappa shape index (κ3) is 6.09. The summed E-state index contributed by atoms with van der Waals surface area (Å²) in [6.07, 6.45) is 5.02. The highest BCUT2D eigenvalue weighted by Crippen LogP contribution is 2.43. The Kier molecular flexibility index (Phi) is 7.92. The zero-order valence-corrected chi connectivity index (χ0v) is 31.0. The number of furan rings is 1. The molecular formula is C53H35N3O. The third-order valence-corrected chi connectivity index (χ3v) is 11.2. The number of fused-ring (bicyclic) bond motifs is 5. The van der Waals surface area contributed by atoms with Crippen LogP contribution in [0.2, 0.25) is 0 Å². The minimum absolute atomic E-state index is 0.112. The predicted octanol–water partition coefficient (Wildman–Crippen LogP) is 13.8. The number of rotatable bonds is 6. The molecule has 1 unspecified atom stereocenters. The van der Waals surface area contributed by atoms with Crippen molar-refractivity contribution >= 4 is 38.6 Å². The molecule has 4 nitrogen and oxygen atoms in total. The highest BCUT2D eigenvalue weighted by atomic mass is 16.3. The second-order valence-electron chi connectivity index (χ2n) is 14.8. The van der Waals surface area contributed by atoms with Gasteiger partial charge in [-0.2, -0.15) is 0 Å². The molecule has 1 aliphatic rings. The topological polar surface area (TPSA) is 51.8 Å². The first-order valence-corrected chi connectivity index (χ1v) is 19.4. The van der Waals surface area contributed by atoms with Crippen LogP contribution in [0.3, 0.4) is 0 Å². The van der Waals surface area contributed by atoms with Crippen LogP contribution in [0.25, 0.3) is 94.7 Å². The summed E-state index contributed by atoms with van der Waals surface area (Å²) in [4.78, 5) is 15.4. The van der Waals surface area contributed by atoms with Crippen LogP contribution in [0, 0.1) is 0 Å². The monoisotopic (exact) mass is 729 g/mol. The fraction of sp³-hybridized carbons (Fsp3) is 0.0377. The van der Waals surface area contributed by atoms with Crippen LogP contribution >= 0.6 is 0 Å². The number of hydrogen-bond acceptors (Lipinski definition) is 4. The molecule has 0 spiro atoms. The SMILES string of the molecule is C1=Cc2oc3ccc(-c4ccc5cc(-c6ccc7ccccc7c6)ccc5c4)cc3c2C(c2nc(-c3ccccc3)nc(-c3ccc(-c4ccccc4)cc3)n2)C1. The molecule has 0 N–H and O–H groups in total. The van der Waals surface area contributed by atoms with Crippen molar-refractivity contribution in [2.75, 3.05) is 0 Å². The Labute approximate surface area is 330 Å². The maximum atomic E-state index is 6.51. The molecule has 10 aromatic rings. The zero-order chi connectivity index (χ0) is 37.7. The molecule has 2 aromatic heterocycles. The average Bonchev–Trinajstić information content (AvgIpc) is 3.67. The summed E-state index contributed by atoms with van der Waals surface area (Å²) in [6, 6.07) is 64.3. The number of hydrogen-bond donors (Lipinski definition) is 0. The number of aromatic nitrogens is 3. The van der Waals surface area contributed by atoms with E-state index in [1.807, 2.05) is 24.3 Å². The van der Waals surface area contributed by atoms with Gasteiger partial charge in [0.25, 0.3) is 0 Å². The van der Waals surface area contributed by atoms with Crippen molar-refractivity contribution in [2.45, 2.75) is 12.3 Å². The Morgan fingerprint density at radius 2 is 0.877 bits per heavy atom. The van der Waals surface area contributed by atoms with Crippen LogP contribution in [0.5, 0.6) is 0 Å². The Bertz CT molecular complexity index is 3150. The molecule has 57 heavy (non-hydrogen) atoms. The van der Waals surface area contributed by atoms with Crippen LogP contribution in [-0.2, 0) is 0 Å². The van der Waals surface area contributed by atoms with Crippen molar-refractivity contribution < 1.29 is 4.42 Å². The van der Waals surface area contributed by atoms with Crippen LogP contribution < -0.4 is 0 Å². The largest absolute Gasteiger partial charge is 0.456 e. The van der Waals surface area contributed by atoms with Gasteiger partial charge in [0.05, 0.1) is 5.92 Å².